The number of phenols is 1. The Morgan fingerprint density at radius 2 is 1.75 bits per heavy atom. The van der Waals surface area contributed by atoms with E-state index in [9.17, 15) is 9.90 Å². The Hall–Kier alpha value is -0.340. The third-order valence-electron chi connectivity index (χ3n) is 3.26. The van der Waals surface area contributed by atoms with Crippen molar-refractivity contribution in [2.75, 3.05) is 0 Å². The average Bonchev–Trinajstić information content (AvgIpc) is 2.46. The van der Waals surface area contributed by atoms with Crippen LogP contribution in [0.1, 0.15) is 12.5 Å². The van der Waals surface area contributed by atoms with Crippen molar-refractivity contribution in [1.29, 1.82) is 0 Å². The zero-order valence-corrected chi connectivity index (χ0v) is 19.0. The molecule has 2 aromatic carbocycles. The maximum atomic E-state index is 11.2. The maximum absolute atomic E-state index is 11.2. The number of carbonyl (C=O) groups is 1. The molecule has 0 aliphatic rings. The Balaban J connectivity index is 2.30. The van der Waals surface area contributed by atoms with Gasteiger partial charge in [-0.05, 0) is 111 Å². The number of aromatic hydroxyl groups is 1. The average molecular weight is 665 g/mol. The molecule has 0 saturated heterocycles. The van der Waals surface area contributed by atoms with Crippen LogP contribution in [-0.4, -0.2) is 21.7 Å². The molecule has 0 heterocycles. The van der Waals surface area contributed by atoms with Gasteiger partial charge in [-0.15, -0.1) is 0 Å². The Bertz CT molecular complexity index is 770. The summed E-state index contributed by atoms with van der Waals surface area (Å²) in [5, 5.41) is 18.7. The van der Waals surface area contributed by atoms with Crippen LogP contribution < -0.4 is 10.5 Å². The summed E-state index contributed by atoms with van der Waals surface area (Å²) >= 11 is 6.34. The zero-order chi connectivity index (χ0) is 18.1. The fourth-order valence-corrected chi connectivity index (χ4v) is 4.58. The lowest BCUT2D eigenvalue weighted by molar-refractivity contribution is -0.142. The van der Waals surface area contributed by atoms with Gasteiger partial charge in [0, 0.05) is 6.42 Å². The molecule has 8 heteroatoms. The number of nitrogens with two attached hydrogens (primary N) is 1. The van der Waals surface area contributed by atoms with E-state index in [1.165, 1.54) is 6.92 Å². The van der Waals surface area contributed by atoms with Crippen LogP contribution in [0.3, 0.4) is 0 Å². The van der Waals surface area contributed by atoms with E-state index in [0.717, 1.165) is 12.7 Å². The molecule has 0 unspecified atom stereocenters. The number of halogens is 3. The summed E-state index contributed by atoms with van der Waals surface area (Å²) in [6.07, 6.45) is 0.228. The number of ether oxygens (including phenoxy) is 1. The number of phenolic OH excluding ortho intramolecular Hbond substituents is 1. The van der Waals surface area contributed by atoms with Gasteiger partial charge < -0.3 is 20.7 Å². The Morgan fingerprint density at radius 1 is 1.17 bits per heavy atom. The zero-order valence-electron chi connectivity index (χ0n) is 12.5. The first-order chi connectivity index (χ1) is 11.1. The topological polar surface area (TPSA) is 92.8 Å². The lowest BCUT2D eigenvalue weighted by Crippen LogP contribution is -2.46. The smallest absolute Gasteiger partial charge is 0.323 e. The van der Waals surface area contributed by atoms with Crippen molar-refractivity contribution >= 4 is 73.7 Å². The third kappa shape index (κ3) is 4.85. The van der Waals surface area contributed by atoms with E-state index in [4.69, 9.17) is 15.6 Å². The molecule has 0 aromatic heterocycles. The van der Waals surface area contributed by atoms with Crippen molar-refractivity contribution in [3.05, 3.63) is 46.6 Å². The molecule has 0 spiro atoms. The van der Waals surface area contributed by atoms with Gasteiger partial charge in [-0.2, -0.15) is 0 Å². The van der Waals surface area contributed by atoms with E-state index in [1.54, 1.807) is 18.2 Å². The molecule has 0 aliphatic carbocycles. The van der Waals surface area contributed by atoms with Crippen LogP contribution >= 0.6 is 67.8 Å². The van der Waals surface area contributed by atoms with Crippen molar-refractivity contribution in [1.82, 2.24) is 0 Å². The molecule has 0 aliphatic heterocycles. The van der Waals surface area contributed by atoms with E-state index < -0.39 is 11.5 Å². The number of hydrogen-bond donors (Lipinski definition) is 3. The van der Waals surface area contributed by atoms with Gasteiger partial charge in [0.05, 0.1) is 10.7 Å². The van der Waals surface area contributed by atoms with E-state index in [-0.39, 0.29) is 12.2 Å². The summed E-state index contributed by atoms with van der Waals surface area (Å²) in [5.74, 6) is 0.482. The third-order valence-corrected chi connectivity index (χ3v) is 5.72. The molecular weight excluding hydrogens is 651 g/mol. The fourth-order valence-electron chi connectivity index (χ4n) is 1.98. The number of carboxylic acid groups (broad SMARTS) is 1. The highest BCUT2D eigenvalue weighted by Gasteiger charge is 2.28. The van der Waals surface area contributed by atoms with E-state index >= 15 is 0 Å². The highest BCUT2D eigenvalue weighted by atomic mass is 127. The molecule has 4 N–H and O–H groups in total. The summed E-state index contributed by atoms with van der Waals surface area (Å²) < 4.78 is 8.35. The molecule has 5 nitrogen and oxygen atoms in total. The van der Waals surface area contributed by atoms with E-state index in [0.29, 0.717) is 15.1 Å². The van der Waals surface area contributed by atoms with Crippen molar-refractivity contribution in [3.8, 4) is 17.2 Å². The van der Waals surface area contributed by atoms with Crippen LogP contribution in [0.5, 0.6) is 17.2 Å². The molecule has 2 aromatic rings. The van der Waals surface area contributed by atoms with Crippen LogP contribution in [0.15, 0.2) is 30.3 Å². The molecular formula is C16H14I3NO4. The molecule has 1 atom stereocenters. The van der Waals surface area contributed by atoms with Crippen LogP contribution in [0.25, 0.3) is 0 Å². The minimum absolute atomic E-state index is 0.207. The number of carboxylic acids is 1. The standard InChI is InChI=1S/C16H14I3NO4/c1-16(20,15(22)23)7-8-4-11(18)14(12(19)5-8)24-9-2-3-13(21)10(17)6-9/h2-6,21H,7,20H2,1H3,(H,22,23)/t16-/m1/s1. The van der Waals surface area contributed by atoms with Crippen molar-refractivity contribution in [2.45, 2.75) is 18.9 Å². The van der Waals surface area contributed by atoms with Gasteiger partial charge in [0.25, 0.3) is 0 Å². The van der Waals surface area contributed by atoms with Gasteiger partial charge in [-0.1, -0.05) is 0 Å². The fraction of sp³-hybridized carbons (Fsp3) is 0.188. The largest absolute Gasteiger partial charge is 0.507 e. The predicted octanol–water partition coefficient (Wildman–Crippen LogP) is 4.34. The summed E-state index contributed by atoms with van der Waals surface area (Å²) in [4.78, 5) is 11.2. The number of aliphatic carboxylic acids is 1. The predicted molar refractivity (Wildman–Crippen MR) is 117 cm³/mol. The second kappa shape index (κ2) is 7.91. The summed E-state index contributed by atoms with van der Waals surface area (Å²) in [6, 6.07) is 8.77. The van der Waals surface area contributed by atoms with Gasteiger partial charge in [-0.25, -0.2) is 0 Å². The minimum atomic E-state index is -1.32. The van der Waals surface area contributed by atoms with E-state index in [1.807, 2.05) is 34.7 Å². The number of benzene rings is 2. The maximum Gasteiger partial charge on any atom is 0.323 e. The van der Waals surface area contributed by atoms with Crippen molar-refractivity contribution in [3.63, 3.8) is 0 Å². The molecule has 128 valence electrons. The minimum Gasteiger partial charge on any atom is -0.507 e. The summed E-state index contributed by atoms with van der Waals surface area (Å²) in [6.45, 7) is 1.50. The van der Waals surface area contributed by atoms with Crippen LogP contribution in [0.2, 0.25) is 0 Å². The lowest BCUT2D eigenvalue weighted by atomic mass is 9.94. The van der Waals surface area contributed by atoms with Gasteiger partial charge in [0.2, 0.25) is 0 Å². The van der Waals surface area contributed by atoms with Crippen LogP contribution in [0, 0.1) is 10.7 Å². The van der Waals surface area contributed by atoms with Gasteiger partial charge in [0.1, 0.15) is 17.0 Å². The lowest BCUT2D eigenvalue weighted by Gasteiger charge is -2.20. The first-order valence-corrected chi connectivity index (χ1v) is 10.0. The molecule has 0 radical (unpaired) electrons. The van der Waals surface area contributed by atoms with Gasteiger partial charge in [0.15, 0.2) is 5.75 Å². The molecule has 0 saturated carbocycles. The number of rotatable bonds is 5. The highest BCUT2D eigenvalue weighted by molar-refractivity contribution is 14.1. The highest BCUT2D eigenvalue weighted by Crippen LogP contribution is 2.35. The molecule has 0 bridgehead atoms. The SMILES string of the molecule is C[C@@](N)(Cc1cc(I)c(Oc2ccc(O)c(I)c2)c(I)c1)C(=O)O. The quantitative estimate of drug-likeness (QED) is 0.414. The molecule has 0 amide bonds. The van der Waals surface area contributed by atoms with Crippen molar-refractivity contribution in [2.24, 2.45) is 5.73 Å². The first kappa shape index (κ1) is 20.0. The summed E-state index contributed by atoms with van der Waals surface area (Å²) in [7, 11) is 0. The Morgan fingerprint density at radius 3 is 2.25 bits per heavy atom. The molecule has 2 rings (SSSR count). The van der Waals surface area contributed by atoms with Crippen LogP contribution in [-0.2, 0) is 11.2 Å². The van der Waals surface area contributed by atoms with Gasteiger partial charge >= 0.3 is 5.97 Å². The second-order valence-corrected chi connectivity index (χ2v) is 8.99. The Kier molecular flexibility index (Phi) is 6.58. The first-order valence-electron chi connectivity index (χ1n) is 6.77. The Labute approximate surface area is 180 Å². The molecule has 24 heavy (non-hydrogen) atoms. The summed E-state index contributed by atoms with van der Waals surface area (Å²) in [5.41, 5.74) is 5.34. The van der Waals surface area contributed by atoms with E-state index in [2.05, 4.69) is 45.2 Å². The van der Waals surface area contributed by atoms with Crippen molar-refractivity contribution < 1.29 is 19.7 Å². The second-order valence-electron chi connectivity index (χ2n) is 5.50. The monoisotopic (exact) mass is 665 g/mol. The van der Waals surface area contributed by atoms with Crippen LogP contribution in [0.4, 0.5) is 0 Å². The van der Waals surface area contributed by atoms with Gasteiger partial charge in [-0.3, -0.25) is 4.79 Å². The number of hydrogen-bond acceptors (Lipinski definition) is 4. The normalized spacial score (nSPS) is 13.4. The molecule has 0 fully saturated rings.